The van der Waals surface area contributed by atoms with Crippen molar-refractivity contribution < 1.29 is 19.1 Å². The van der Waals surface area contributed by atoms with Crippen LogP contribution in [0.3, 0.4) is 0 Å². The van der Waals surface area contributed by atoms with Gasteiger partial charge in [-0.2, -0.15) is 0 Å². The third kappa shape index (κ3) is 5.01. The van der Waals surface area contributed by atoms with Gasteiger partial charge in [-0.05, 0) is 24.8 Å². The summed E-state index contributed by atoms with van der Waals surface area (Å²) in [6.07, 6.45) is 3.57. The summed E-state index contributed by atoms with van der Waals surface area (Å²) in [5.41, 5.74) is 2.16. The van der Waals surface area contributed by atoms with Crippen molar-refractivity contribution in [1.82, 2.24) is 9.55 Å². The molecule has 154 valence electrons. The zero-order valence-corrected chi connectivity index (χ0v) is 17.3. The summed E-state index contributed by atoms with van der Waals surface area (Å²) >= 11 is 0. The van der Waals surface area contributed by atoms with Crippen molar-refractivity contribution in [3.05, 3.63) is 18.0 Å². The summed E-state index contributed by atoms with van der Waals surface area (Å²) in [5.74, 6) is -0.417. The Morgan fingerprint density at radius 3 is 2.64 bits per heavy atom. The number of nitrogens with one attached hydrogen (secondary N) is 2. The molecule has 1 amide bonds. The van der Waals surface area contributed by atoms with Gasteiger partial charge in [0.15, 0.2) is 5.69 Å². The lowest BCUT2D eigenvalue weighted by atomic mass is 10.1. The van der Waals surface area contributed by atoms with Crippen molar-refractivity contribution in [3.63, 3.8) is 0 Å². The third-order valence-electron chi connectivity index (χ3n) is 4.33. The number of fused-ring (bicyclic) bond motifs is 1. The highest BCUT2D eigenvalue weighted by atomic mass is 16.5. The predicted octanol–water partition coefficient (Wildman–Crippen LogP) is 3.28. The van der Waals surface area contributed by atoms with Crippen LogP contribution in [0.25, 0.3) is 11.0 Å². The molecule has 2 aromatic heterocycles. The van der Waals surface area contributed by atoms with Gasteiger partial charge in [0.05, 0.1) is 24.7 Å². The number of hydrogen-bond acceptors (Lipinski definition) is 6. The smallest absolute Gasteiger partial charge is 0.356 e. The molecule has 8 nitrogen and oxygen atoms in total. The summed E-state index contributed by atoms with van der Waals surface area (Å²) in [6.45, 7) is 7.59. The van der Waals surface area contributed by atoms with Crippen LogP contribution in [0.2, 0.25) is 0 Å². The first kappa shape index (κ1) is 21.7. The largest absolute Gasteiger partial charge is 0.464 e. The van der Waals surface area contributed by atoms with E-state index in [0.29, 0.717) is 34.9 Å². The molecule has 0 aromatic carbocycles. The molecule has 8 heteroatoms. The van der Waals surface area contributed by atoms with E-state index in [1.54, 1.807) is 6.20 Å². The van der Waals surface area contributed by atoms with Gasteiger partial charge in [-0.15, -0.1) is 0 Å². The van der Waals surface area contributed by atoms with E-state index in [9.17, 15) is 9.59 Å². The molecule has 0 aliphatic heterocycles. The van der Waals surface area contributed by atoms with Crippen molar-refractivity contribution in [2.24, 2.45) is 5.92 Å². The van der Waals surface area contributed by atoms with Crippen LogP contribution in [0.4, 0.5) is 11.4 Å². The Kier molecular flexibility index (Phi) is 7.80. The fourth-order valence-electron chi connectivity index (χ4n) is 2.94. The Labute approximate surface area is 165 Å². The standard InChI is InChI=1S/C20H30N4O4/c1-6-8-21-14-10-15-17(23-16(25)12-27-4)18(20(26)28-5)24(9-7-13(2)3)19(15)22-11-14/h10-11,13,21H,6-9,12H2,1-5H3,(H,23,25). The van der Waals surface area contributed by atoms with Crippen LogP contribution in [0.1, 0.15) is 44.1 Å². The lowest BCUT2D eigenvalue weighted by Crippen LogP contribution is -2.20. The highest BCUT2D eigenvalue weighted by Gasteiger charge is 2.26. The normalized spacial score (nSPS) is 11.1. The monoisotopic (exact) mass is 390 g/mol. The molecule has 0 radical (unpaired) electrons. The average molecular weight is 390 g/mol. The van der Waals surface area contributed by atoms with Gasteiger partial charge in [-0.1, -0.05) is 20.8 Å². The van der Waals surface area contributed by atoms with Gasteiger partial charge in [0.2, 0.25) is 5.91 Å². The number of aromatic nitrogens is 2. The van der Waals surface area contributed by atoms with Gasteiger partial charge in [0, 0.05) is 25.6 Å². The SMILES string of the molecule is CCCNc1cnc2c(c1)c(NC(=O)COC)c(C(=O)OC)n2CCC(C)C. The van der Waals surface area contributed by atoms with Gasteiger partial charge in [-0.25, -0.2) is 9.78 Å². The highest BCUT2D eigenvalue weighted by Crippen LogP contribution is 2.33. The maximum atomic E-state index is 12.6. The second-order valence-electron chi connectivity index (χ2n) is 7.05. The number of ether oxygens (including phenoxy) is 2. The Balaban J connectivity index is 2.64. The molecule has 2 aromatic rings. The topological polar surface area (TPSA) is 94.5 Å². The van der Waals surface area contributed by atoms with Crippen LogP contribution in [0.15, 0.2) is 12.3 Å². The van der Waals surface area contributed by atoms with Gasteiger partial charge >= 0.3 is 5.97 Å². The van der Waals surface area contributed by atoms with E-state index in [4.69, 9.17) is 9.47 Å². The maximum absolute atomic E-state index is 12.6. The second kappa shape index (κ2) is 10.1. The van der Waals surface area contributed by atoms with Crippen molar-refractivity contribution in [1.29, 1.82) is 0 Å². The molecule has 2 heterocycles. The summed E-state index contributed by atoms with van der Waals surface area (Å²) in [7, 11) is 2.77. The number of anilines is 2. The zero-order valence-electron chi connectivity index (χ0n) is 17.3. The number of methoxy groups -OCH3 is 2. The molecule has 0 saturated carbocycles. The van der Waals surface area contributed by atoms with Crippen molar-refractivity contribution in [2.75, 3.05) is 38.0 Å². The van der Waals surface area contributed by atoms with Crippen molar-refractivity contribution >= 4 is 34.3 Å². The molecule has 0 fully saturated rings. The fraction of sp³-hybridized carbons (Fsp3) is 0.550. The Bertz CT molecular complexity index is 829. The van der Waals surface area contributed by atoms with Crippen LogP contribution in [0, 0.1) is 5.92 Å². The van der Waals surface area contributed by atoms with Crippen molar-refractivity contribution in [3.8, 4) is 0 Å². The molecule has 28 heavy (non-hydrogen) atoms. The van der Waals surface area contributed by atoms with Gasteiger partial charge < -0.3 is 24.7 Å². The van der Waals surface area contributed by atoms with E-state index in [2.05, 4.69) is 36.4 Å². The molecule has 0 bridgehead atoms. The molecule has 0 atom stereocenters. The number of amides is 1. The van der Waals surface area contributed by atoms with E-state index in [1.807, 2.05) is 10.6 Å². The maximum Gasteiger partial charge on any atom is 0.356 e. The lowest BCUT2D eigenvalue weighted by molar-refractivity contribution is -0.119. The van der Waals surface area contributed by atoms with Gasteiger partial charge in [0.1, 0.15) is 12.3 Å². The molecule has 0 aliphatic carbocycles. The molecule has 0 spiro atoms. The van der Waals surface area contributed by atoms with Crippen LogP contribution >= 0.6 is 0 Å². The van der Waals surface area contributed by atoms with Crippen molar-refractivity contribution in [2.45, 2.75) is 40.2 Å². The summed E-state index contributed by atoms with van der Waals surface area (Å²) < 4.78 is 11.7. The number of aryl methyl sites for hydroxylation is 1. The molecule has 0 saturated heterocycles. The third-order valence-corrected chi connectivity index (χ3v) is 4.33. The first-order chi connectivity index (χ1) is 13.4. The lowest BCUT2D eigenvalue weighted by Gasteiger charge is -2.12. The Morgan fingerprint density at radius 1 is 1.29 bits per heavy atom. The number of esters is 1. The minimum Gasteiger partial charge on any atom is -0.464 e. The second-order valence-corrected chi connectivity index (χ2v) is 7.05. The first-order valence-corrected chi connectivity index (χ1v) is 9.56. The van der Waals surface area contributed by atoms with E-state index < -0.39 is 5.97 Å². The molecular weight excluding hydrogens is 360 g/mol. The summed E-state index contributed by atoms with van der Waals surface area (Å²) in [4.78, 5) is 29.4. The number of rotatable bonds is 10. The summed E-state index contributed by atoms with van der Waals surface area (Å²) in [6, 6.07) is 1.90. The Morgan fingerprint density at radius 2 is 2.04 bits per heavy atom. The number of pyridine rings is 1. The first-order valence-electron chi connectivity index (χ1n) is 9.56. The molecule has 2 rings (SSSR count). The minimum absolute atomic E-state index is 0.111. The van der Waals surface area contributed by atoms with Crippen LogP contribution in [0.5, 0.6) is 0 Å². The average Bonchev–Trinajstić information content (AvgIpc) is 2.97. The summed E-state index contributed by atoms with van der Waals surface area (Å²) in [5, 5.41) is 6.79. The number of hydrogen-bond donors (Lipinski definition) is 2. The van der Waals surface area contributed by atoms with E-state index in [-0.39, 0.29) is 12.5 Å². The number of carbonyl (C=O) groups is 2. The van der Waals surface area contributed by atoms with E-state index in [1.165, 1.54) is 14.2 Å². The quantitative estimate of drug-likeness (QED) is 0.605. The van der Waals surface area contributed by atoms with Gasteiger partial charge in [0.25, 0.3) is 0 Å². The zero-order chi connectivity index (χ0) is 20.7. The van der Waals surface area contributed by atoms with E-state index >= 15 is 0 Å². The molecular formula is C20H30N4O4. The number of nitrogens with zero attached hydrogens (tertiary/aromatic N) is 2. The van der Waals surface area contributed by atoms with E-state index in [0.717, 1.165) is 25.1 Å². The number of carbonyl (C=O) groups excluding carboxylic acids is 2. The predicted molar refractivity (Wildman–Crippen MR) is 110 cm³/mol. The molecule has 0 aliphatic rings. The minimum atomic E-state index is -0.516. The van der Waals surface area contributed by atoms with Crippen LogP contribution in [-0.2, 0) is 20.8 Å². The van der Waals surface area contributed by atoms with Crippen LogP contribution in [-0.4, -0.2) is 48.8 Å². The fourth-order valence-corrected chi connectivity index (χ4v) is 2.94. The van der Waals surface area contributed by atoms with Gasteiger partial charge in [-0.3, -0.25) is 4.79 Å². The Hall–Kier alpha value is -2.61. The highest BCUT2D eigenvalue weighted by molar-refractivity contribution is 6.11. The molecule has 0 unspecified atom stereocenters. The molecule has 2 N–H and O–H groups in total. The van der Waals surface area contributed by atoms with Crippen LogP contribution < -0.4 is 10.6 Å².